The zero-order valence-corrected chi connectivity index (χ0v) is 14.6. The third-order valence-corrected chi connectivity index (χ3v) is 5.88. The third kappa shape index (κ3) is 3.96. The van der Waals surface area contributed by atoms with Gasteiger partial charge in [0.05, 0.1) is 12.2 Å². The van der Waals surface area contributed by atoms with Crippen LogP contribution in [0.4, 0.5) is 0 Å². The molecule has 1 saturated heterocycles. The summed E-state index contributed by atoms with van der Waals surface area (Å²) in [5, 5.41) is 19.6. The molecule has 128 valence electrons. The van der Waals surface area contributed by atoms with Crippen molar-refractivity contribution in [3.8, 4) is 0 Å². The summed E-state index contributed by atoms with van der Waals surface area (Å²) in [6, 6.07) is 8.83. The van der Waals surface area contributed by atoms with Crippen molar-refractivity contribution in [3.05, 3.63) is 35.4 Å². The van der Waals surface area contributed by atoms with Gasteiger partial charge in [0.25, 0.3) is 0 Å². The van der Waals surface area contributed by atoms with Gasteiger partial charge in [-0.25, -0.2) is 0 Å². The molecule has 1 aliphatic heterocycles. The Kier molecular flexibility index (Phi) is 4.82. The van der Waals surface area contributed by atoms with Gasteiger partial charge in [-0.2, -0.15) is 0 Å². The van der Waals surface area contributed by atoms with E-state index in [-0.39, 0.29) is 5.41 Å². The molecule has 1 aliphatic carbocycles. The molecule has 2 atom stereocenters. The van der Waals surface area contributed by atoms with Crippen molar-refractivity contribution in [1.29, 1.82) is 0 Å². The van der Waals surface area contributed by atoms with Crippen molar-refractivity contribution in [2.24, 2.45) is 11.3 Å². The predicted molar refractivity (Wildman–Crippen MR) is 93.2 cm³/mol. The number of aryl methyl sites for hydroxylation is 1. The van der Waals surface area contributed by atoms with Gasteiger partial charge in [-0.15, -0.1) is 0 Å². The minimum Gasteiger partial charge on any atom is -0.396 e. The van der Waals surface area contributed by atoms with Gasteiger partial charge >= 0.3 is 0 Å². The normalized spacial score (nSPS) is 28.3. The highest BCUT2D eigenvalue weighted by molar-refractivity contribution is 5.23. The van der Waals surface area contributed by atoms with Gasteiger partial charge in [0.15, 0.2) is 0 Å². The fraction of sp³-hybridized carbons (Fsp3) is 0.700. The van der Waals surface area contributed by atoms with E-state index < -0.39 is 5.60 Å². The molecule has 0 aromatic heterocycles. The highest BCUT2D eigenvalue weighted by Gasteiger charge is 2.48. The van der Waals surface area contributed by atoms with E-state index in [1.165, 1.54) is 30.4 Å². The smallest absolute Gasteiger partial charge is 0.0594 e. The Balaban J connectivity index is 1.55. The van der Waals surface area contributed by atoms with Crippen LogP contribution in [0.1, 0.15) is 50.7 Å². The van der Waals surface area contributed by atoms with Gasteiger partial charge in [0.1, 0.15) is 0 Å². The summed E-state index contributed by atoms with van der Waals surface area (Å²) in [6.45, 7) is 7.26. The number of nitrogens with zero attached hydrogens (tertiary/aromatic N) is 1. The van der Waals surface area contributed by atoms with Crippen LogP contribution in [0.3, 0.4) is 0 Å². The summed E-state index contributed by atoms with van der Waals surface area (Å²) in [6.07, 6.45) is 5.48. The first-order chi connectivity index (χ1) is 10.9. The van der Waals surface area contributed by atoms with E-state index in [1.807, 2.05) is 13.8 Å². The SMILES string of the molecule is CC(C)(O)CCc1ccc(CN2C[C@@H]3CCC[C@]3(CO)C2)cc1. The summed E-state index contributed by atoms with van der Waals surface area (Å²) in [7, 11) is 0. The van der Waals surface area contributed by atoms with Crippen LogP contribution in [0.25, 0.3) is 0 Å². The van der Waals surface area contributed by atoms with E-state index in [2.05, 4.69) is 29.2 Å². The van der Waals surface area contributed by atoms with Crippen LogP contribution in [0, 0.1) is 11.3 Å². The van der Waals surface area contributed by atoms with Gasteiger partial charge in [0, 0.05) is 25.0 Å². The third-order valence-electron chi connectivity index (χ3n) is 5.88. The summed E-state index contributed by atoms with van der Waals surface area (Å²) >= 11 is 0. The van der Waals surface area contributed by atoms with Crippen molar-refractivity contribution >= 4 is 0 Å². The first-order valence-corrected chi connectivity index (χ1v) is 9.04. The molecule has 2 fully saturated rings. The van der Waals surface area contributed by atoms with E-state index >= 15 is 0 Å². The molecule has 1 aromatic rings. The second kappa shape index (κ2) is 6.54. The largest absolute Gasteiger partial charge is 0.396 e. The van der Waals surface area contributed by atoms with Gasteiger partial charge in [0.2, 0.25) is 0 Å². The number of benzene rings is 1. The zero-order valence-electron chi connectivity index (χ0n) is 14.6. The molecule has 0 spiro atoms. The molecule has 0 radical (unpaired) electrons. The number of likely N-dealkylation sites (tertiary alicyclic amines) is 1. The highest BCUT2D eigenvalue weighted by atomic mass is 16.3. The molecule has 3 heteroatoms. The molecule has 2 aliphatic rings. The maximum absolute atomic E-state index is 9.82. The minimum absolute atomic E-state index is 0.187. The molecular formula is C20H31NO2. The topological polar surface area (TPSA) is 43.7 Å². The molecule has 1 aromatic carbocycles. The van der Waals surface area contributed by atoms with E-state index in [0.717, 1.165) is 32.5 Å². The minimum atomic E-state index is -0.593. The summed E-state index contributed by atoms with van der Waals surface area (Å²) in [5.41, 5.74) is 2.24. The van der Waals surface area contributed by atoms with E-state index in [0.29, 0.717) is 12.5 Å². The van der Waals surface area contributed by atoms with Crippen LogP contribution < -0.4 is 0 Å². The van der Waals surface area contributed by atoms with Crippen LogP contribution in [-0.4, -0.2) is 40.4 Å². The Hall–Kier alpha value is -0.900. The average molecular weight is 317 g/mol. The second-order valence-electron chi connectivity index (χ2n) is 8.41. The average Bonchev–Trinajstić information content (AvgIpc) is 3.02. The Bertz CT molecular complexity index is 519. The zero-order chi connectivity index (χ0) is 16.5. The van der Waals surface area contributed by atoms with Crippen LogP contribution in [-0.2, 0) is 13.0 Å². The molecule has 0 unspecified atom stereocenters. The molecule has 0 amide bonds. The number of hydrogen-bond donors (Lipinski definition) is 2. The van der Waals surface area contributed by atoms with Crippen molar-refractivity contribution in [3.63, 3.8) is 0 Å². The molecule has 23 heavy (non-hydrogen) atoms. The lowest BCUT2D eigenvalue weighted by Gasteiger charge is -2.26. The maximum Gasteiger partial charge on any atom is 0.0594 e. The standard InChI is InChI=1S/C20H31NO2/c1-19(2,23)11-9-16-5-7-17(8-6-16)12-21-13-18-4-3-10-20(18,14-21)15-22/h5-8,18,22-23H,3-4,9-15H2,1-2H3/t18-,20+/m0/s1. The highest BCUT2D eigenvalue weighted by Crippen LogP contribution is 2.48. The monoisotopic (exact) mass is 317 g/mol. The summed E-state index contributed by atoms with van der Waals surface area (Å²) in [4.78, 5) is 2.52. The molecule has 2 N–H and O–H groups in total. The van der Waals surface area contributed by atoms with Gasteiger partial charge in [-0.1, -0.05) is 30.7 Å². The maximum atomic E-state index is 9.82. The molecule has 1 saturated carbocycles. The van der Waals surface area contributed by atoms with Crippen molar-refractivity contribution < 1.29 is 10.2 Å². The van der Waals surface area contributed by atoms with Crippen LogP contribution in [0.5, 0.6) is 0 Å². The Morgan fingerprint density at radius 3 is 2.52 bits per heavy atom. The molecule has 0 bridgehead atoms. The van der Waals surface area contributed by atoms with E-state index in [9.17, 15) is 10.2 Å². The first kappa shape index (κ1) is 16.9. The molecule has 3 nitrogen and oxygen atoms in total. The van der Waals surface area contributed by atoms with E-state index in [1.54, 1.807) is 0 Å². The van der Waals surface area contributed by atoms with Crippen molar-refractivity contribution in [2.75, 3.05) is 19.7 Å². The number of hydrogen-bond acceptors (Lipinski definition) is 3. The summed E-state index contributed by atoms with van der Waals surface area (Å²) in [5.74, 6) is 0.693. The second-order valence-corrected chi connectivity index (χ2v) is 8.41. The molecule has 1 heterocycles. The Morgan fingerprint density at radius 1 is 1.22 bits per heavy atom. The summed E-state index contributed by atoms with van der Waals surface area (Å²) < 4.78 is 0. The lowest BCUT2D eigenvalue weighted by Crippen LogP contribution is -2.30. The lowest BCUT2D eigenvalue weighted by molar-refractivity contribution is 0.0714. The lowest BCUT2D eigenvalue weighted by atomic mass is 9.82. The van der Waals surface area contributed by atoms with E-state index in [4.69, 9.17) is 0 Å². The number of fused-ring (bicyclic) bond motifs is 1. The van der Waals surface area contributed by atoms with Crippen LogP contribution in [0.15, 0.2) is 24.3 Å². The van der Waals surface area contributed by atoms with Crippen LogP contribution >= 0.6 is 0 Å². The van der Waals surface area contributed by atoms with Gasteiger partial charge in [-0.3, -0.25) is 4.90 Å². The van der Waals surface area contributed by atoms with Crippen LogP contribution in [0.2, 0.25) is 0 Å². The molecular weight excluding hydrogens is 286 g/mol. The predicted octanol–water partition coefficient (Wildman–Crippen LogP) is 2.98. The first-order valence-electron chi connectivity index (χ1n) is 9.04. The van der Waals surface area contributed by atoms with Gasteiger partial charge < -0.3 is 10.2 Å². The fourth-order valence-electron chi connectivity index (χ4n) is 4.42. The van der Waals surface area contributed by atoms with Crippen molar-refractivity contribution in [1.82, 2.24) is 4.90 Å². The van der Waals surface area contributed by atoms with Crippen molar-refractivity contribution in [2.45, 2.75) is 58.1 Å². The number of aliphatic hydroxyl groups excluding tert-OH is 1. The fourth-order valence-corrected chi connectivity index (χ4v) is 4.42. The molecule has 3 rings (SSSR count). The quantitative estimate of drug-likeness (QED) is 0.848. The Morgan fingerprint density at radius 2 is 1.91 bits per heavy atom. The number of aliphatic hydroxyl groups is 2. The number of rotatable bonds is 6. The Labute approximate surface area is 140 Å². The van der Waals surface area contributed by atoms with Gasteiger partial charge in [-0.05, 0) is 56.6 Å².